The zero-order chi connectivity index (χ0) is 35.8. The van der Waals surface area contributed by atoms with E-state index in [0.29, 0.717) is 26.9 Å². The maximum absolute atomic E-state index is 11.6. The molecule has 19 heteroatoms. The highest BCUT2D eigenvalue weighted by molar-refractivity contribution is 8.40. The third-order valence-electron chi connectivity index (χ3n) is 6.73. The van der Waals surface area contributed by atoms with Gasteiger partial charge in [-0.3, -0.25) is 48.2 Å². The zero-order valence-corrected chi connectivity index (χ0v) is 31.4. The van der Waals surface area contributed by atoms with Gasteiger partial charge in [0.1, 0.15) is 0 Å². The van der Waals surface area contributed by atoms with Crippen LogP contribution in [0.15, 0.2) is 24.3 Å². The van der Waals surface area contributed by atoms with Gasteiger partial charge in [0, 0.05) is 89.2 Å². The van der Waals surface area contributed by atoms with E-state index >= 15 is 0 Å². The highest BCUT2D eigenvalue weighted by Crippen LogP contribution is 2.14. The van der Waals surface area contributed by atoms with Crippen LogP contribution in [-0.2, 0) is 73.8 Å². The number of hydrogen-bond acceptors (Lipinski definition) is 11. The summed E-state index contributed by atoms with van der Waals surface area (Å²) >= 11 is 13.5. The minimum atomic E-state index is -0.381. The van der Waals surface area contributed by atoms with Crippen LogP contribution in [0.4, 0.5) is 0 Å². The van der Waals surface area contributed by atoms with Gasteiger partial charge in [-0.15, -0.1) is 0 Å². The summed E-state index contributed by atoms with van der Waals surface area (Å²) in [6.07, 6.45) is 9.63. The molecule has 0 aromatic rings. The first-order chi connectivity index (χ1) is 22.3. The molecule has 7 amide bonds. The lowest BCUT2D eigenvalue weighted by Crippen LogP contribution is -2.35. The number of unbranched alkanes of at least 4 members (excludes halogenated alkanes) is 2. The van der Waals surface area contributed by atoms with Crippen LogP contribution in [0.3, 0.4) is 0 Å². The van der Waals surface area contributed by atoms with Gasteiger partial charge in [-0.1, -0.05) is 71.2 Å². The average molecular weight is 860 g/mol. The molecular weight excluding hydrogens is 796 g/mol. The number of hydrogen-bond donors (Lipinski definition) is 3. The molecule has 2 aliphatic rings. The number of primary amides is 1. The van der Waals surface area contributed by atoms with Crippen LogP contribution < -0.4 is 16.4 Å². The van der Waals surface area contributed by atoms with Crippen LogP contribution in [-0.4, -0.2) is 82.9 Å². The molecule has 2 heterocycles. The summed E-state index contributed by atoms with van der Waals surface area (Å²) in [5.41, 5.74) is 5.21. The Morgan fingerprint density at radius 1 is 0.623 bits per heavy atom. The topological polar surface area (TPSA) is 193 Å². The largest absolute Gasteiger partial charge is 0.369 e. The molecule has 0 bridgehead atoms. The molecule has 0 aromatic carbocycles. The van der Waals surface area contributed by atoms with Crippen molar-refractivity contribution in [2.24, 2.45) is 17.6 Å². The summed E-state index contributed by atoms with van der Waals surface area (Å²) in [4.78, 5) is 92.5. The van der Waals surface area contributed by atoms with Crippen LogP contribution in [0.5, 0.6) is 0 Å². The van der Waals surface area contributed by atoms with E-state index in [2.05, 4.69) is 46.1 Å². The molecule has 13 nitrogen and oxygen atoms in total. The van der Waals surface area contributed by atoms with Gasteiger partial charge in [0.25, 0.3) is 23.6 Å². The van der Waals surface area contributed by atoms with E-state index in [9.17, 15) is 38.4 Å². The molecule has 0 spiro atoms. The predicted octanol–water partition coefficient (Wildman–Crippen LogP) is 6.40. The average Bonchev–Trinajstić information content (AvgIpc) is 3.55. The van der Waals surface area contributed by atoms with Crippen molar-refractivity contribution in [2.75, 3.05) is 26.2 Å². The zero-order valence-electron chi connectivity index (χ0n) is 26.3. The van der Waals surface area contributed by atoms with Gasteiger partial charge in [0.05, 0.1) is 7.36 Å². The van der Waals surface area contributed by atoms with Gasteiger partial charge in [-0.25, -0.2) is 0 Å². The van der Waals surface area contributed by atoms with Crippen LogP contribution in [0, 0.1) is 11.8 Å². The van der Waals surface area contributed by atoms with Crippen molar-refractivity contribution in [2.45, 2.75) is 110 Å². The SMILES string of the molecule is C.C.C.C.C.C.CC(CCCCNC(=O)CCN1C(=O)C=CC1=O)C(=O)P=S.CC(CCCCNC(=O)CCN1C(=O)C=CC1=O)C(N)=O.S=PP=S. The Bertz CT molecular complexity index is 1210. The van der Waals surface area contributed by atoms with E-state index in [0.717, 1.165) is 56.0 Å². The Balaban J connectivity index is -0.000000131. The van der Waals surface area contributed by atoms with Gasteiger partial charge < -0.3 is 16.4 Å². The number of carbonyl (C=O) groups is 8. The molecule has 2 atom stereocenters. The van der Waals surface area contributed by atoms with Gasteiger partial charge >= 0.3 is 0 Å². The molecule has 53 heavy (non-hydrogen) atoms. The maximum atomic E-state index is 11.6. The van der Waals surface area contributed by atoms with Crippen LogP contribution in [0.1, 0.15) is 110 Å². The number of carbonyl (C=O) groups excluding carboxylic acids is 8. The summed E-state index contributed by atoms with van der Waals surface area (Å²) in [6, 6.07) is 0. The van der Waals surface area contributed by atoms with E-state index in [-0.39, 0.29) is 129 Å². The summed E-state index contributed by atoms with van der Waals surface area (Å²) in [5.74, 6) is -2.41. The molecule has 0 aromatic heterocycles. The minimum absolute atomic E-state index is 0. The van der Waals surface area contributed by atoms with Crippen molar-refractivity contribution < 1.29 is 38.4 Å². The van der Waals surface area contributed by atoms with E-state index < -0.39 is 0 Å². The van der Waals surface area contributed by atoms with Gasteiger partial charge in [-0.05, 0) is 61.1 Å². The Morgan fingerprint density at radius 2 is 0.943 bits per heavy atom. The lowest BCUT2D eigenvalue weighted by Gasteiger charge is -2.13. The van der Waals surface area contributed by atoms with Crippen LogP contribution >= 0.6 is 21.4 Å². The molecule has 0 aliphatic carbocycles. The number of amides is 7. The van der Waals surface area contributed by atoms with E-state index in [1.807, 2.05) is 6.92 Å². The summed E-state index contributed by atoms with van der Waals surface area (Å²) in [6.45, 7) is 4.85. The Kier molecular flexibility index (Phi) is 48.2. The molecule has 0 saturated carbocycles. The number of nitrogens with two attached hydrogens (primary N) is 1. The lowest BCUT2D eigenvalue weighted by molar-refractivity contribution is -0.139. The second-order valence-corrected chi connectivity index (χ2v) is 15.7. The first-order valence-electron chi connectivity index (χ1n) is 14.7. The maximum Gasteiger partial charge on any atom is 0.253 e. The van der Waals surface area contributed by atoms with Crippen molar-refractivity contribution in [3.05, 3.63) is 24.3 Å². The molecule has 2 aliphatic heterocycles. The first kappa shape index (κ1) is 65.3. The summed E-state index contributed by atoms with van der Waals surface area (Å²) in [7, 11) is 2.12. The van der Waals surface area contributed by atoms with E-state index in [1.54, 1.807) is 6.92 Å². The molecule has 0 radical (unpaired) electrons. The fourth-order valence-corrected chi connectivity index (χ4v) is 4.72. The van der Waals surface area contributed by atoms with E-state index in [1.165, 1.54) is 24.3 Å². The quantitative estimate of drug-likeness (QED) is 0.0697. The summed E-state index contributed by atoms with van der Waals surface area (Å²) < 4.78 is 0. The second-order valence-electron chi connectivity index (χ2n) is 10.3. The molecule has 2 rings (SSSR count). The fraction of sp³-hybridized carbons (Fsp3) is 0.647. The standard InChI is InChI=1S/C14H21N3O4.C14H19N2O4PS.6CH4.P2S2/c1-10(14(15)21)4-2-3-8-16-11(18)7-9-17-12(19)5-6-13(17)20;1-10(14(20)21-22)4-2-3-8-15-11(17)7-9-16-12(18)5-6-13(16)19;;;;;;;3-1-2-4/h5-6,10H,2-4,7-9H2,1H3,(H2,15,21)(H,16,18);5-6,10H,2-4,7-9H2,1H3,(H,15,17);6*1H4;. The molecular formula is C34H64N5O8P3S3. The normalized spacial score (nSPS) is 13.2. The Labute approximate surface area is 338 Å². The Hall–Kier alpha value is -2.60. The van der Waals surface area contributed by atoms with Crippen molar-refractivity contribution in [3.8, 4) is 0 Å². The van der Waals surface area contributed by atoms with Crippen molar-refractivity contribution >= 4 is 104 Å². The third kappa shape index (κ3) is 30.4. The lowest BCUT2D eigenvalue weighted by atomic mass is 10.0. The van der Waals surface area contributed by atoms with Gasteiger partial charge in [0.15, 0.2) is 5.52 Å². The van der Waals surface area contributed by atoms with Crippen LogP contribution in [0.2, 0.25) is 0 Å². The van der Waals surface area contributed by atoms with Crippen molar-refractivity contribution in [1.82, 2.24) is 20.4 Å². The third-order valence-corrected chi connectivity index (χ3v) is 10.6. The Morgan fingerprint density at radius 3 is 1.23 bits per heavy atom. The second kappa shape index (κ2) is 39.1. The molecule has 306 valence electrons. The molecule has 0 saturated heterocycles. The minimum Gasteiger partial charge on any atom is -0.369 e. The van der Waals surface area contributed by atoms with E-state index in [4.69, 9.17) is 5.73 Å². The van der Waals surface area contributed by atoms with Crippen LogP contribution in [0.25, 0.3) is 0 Å². The molecule has 4 N–H and O–H groups in total. The highest BCUT2D eigenvalue weighted by atomic mass is 32.7. The summed E-state index contributed by atoms with van der Waals surface area (Å²) in [5, 5.41) is 5.45. The number of nitrogens with zero attached hydrogens (tertiary/aromatic N) is 2. The number of imide groups is 2. The smallest absolute Gasteiger partial charge is 0.253 e. The van der Waals surface area contributed by atoms with Gasteiger partial charge in [0.2, 0.25) is 17.7 Å². The highest BCUT2D eigenvalue weighted by Gasteiger charge is 2.24. The van der Waals surface area contributed by atoms with Crippen molar-refractivity contribution in [1.29, 1.82) is 0 Å². The first-order valence-corrected chi connectivity index (χ1v) is 21.1. The monoisotopic (exact) mass is 859 g/mol. The van der Waals surface area contributed by atoms with Gasteiger partial charge in [-0.2, -0.15) is 0 Å². The number of nitrogens with one attached hydrogen (secondary N) is 2. The number of rotatable bonds is 20. The van der Waals surface area contributed by atoms with Crippen molar-refractivity contribution in [3.63, 3.8) is 0 Å². The predicted molar refractivity (Wildman–Crippen MR) is 230 cm³/mol. The fourth-order valence-electron chi connectivity index (χ4n) is 3.87. The molecule has 2 unspecified atom stereocenters. The molecule has 0 fully saturated rings.